The van der Waals surface area contributed by atoms with E-state index in [0.717, 1.165) is 24.7 Å². The van der Waals surface area contributed by atoms with Gasteiger partial charge in [0.05, 0.1) is 23.3 Å². The molecule has 2 aromatic carbocycles. The van der Waals surface area contributed by atoms with Gasteiger partial charge in [0.15, 0.2) is 0 Å². The molecule has 6 nitrogen and oxygen atoms in total. The number of hydrogen-bond donors (Lipinski definition) is 2. The minimum absolute atomic E-state index is 0.00738. The van der Waals surface area contributed by atoms with Gasteiger partial charge < -0.3 is 15.4 Å². The topological polar surface area (TPSA) is 74.3 Å². The maximum Gasteiger partial charge on any atom is 0.252 e. The van der Waals surface area contributed by atoms with Gasteiger partial charge in [0.1, 0.15) is 12.1 Å². The fourth-order valence-corrected chi connectivity index (χ4v) is 5.39. The highest BCUT2D eigenvalue weighted by molar-refractivity contribution is 6.09. The number of likely N-dealkylation sites (N-methyl/N-ethyl adjacent to an activating group) is 1. The van der Waals surface area contributed by atoms with Crippen LogP contribution in [0.25, 0.3) is 22.2 Å². The molecule has 4 rings (SSSR count). The van der Waals surface area contributed by atoms with Crippen molar-refractivity contribution < 1.29 is 14.0 Å². The van der Waals surface area contributed by atoms with Gasteiger partial charge in [-0.05, 0) is 50.9 Å². The largest absolute Gasteiger partial charge is 0.349 e. The molecule has 1 saturated carbocycles. The van der Waals surface area contributed by atoms with Crippen molar-refractivity contribution >= 4 is 23.1 Å². The molecule has 2 N–H and O–H groups in total. The van der Waals surface area contributed by atoms with Gasteiger partial charge in [-0.1, -0.05) is 49.6 Å². The van der Waals surface area contributed by atoms with Crippen LogP contribution in [0.15, 0.2) is 48.5 Å². The number of aromatic nitrogens is 1. The monoisotopic (exact) mass is 504 g/mol. The molecule has 1 fully saturated rings. The van der Waals surface area contributed by atoms with Crippen LogP contribution < -0.4 is 10.6 Å². The maximum atomic E-state index is 14.5. The number of rotatable bonds is 11. The highest BCUT2D eigenvalue weighted by atomic mass is 19.1. The summed E-state index contributed by atoms with van der Waals surface area (Å²) in [6.45, 7) is 3.93. The van der Waals surface area contributed by atoms with E-state index in [1.54, 1.807) is 6.07 Å². The first-order valence-corrected chi connectivity index (χ1v) is 13.3. The molecule has 0 unspecified atom stereocenters. The van der Waals surface area contributed by atoms with Crippen LogP contribution in [0.3, 0.4) is 0 Å². The molecule has 0 radical (unpaired) electrons. The Balaban J connectivity index is 1.86. The third-order valence-electron chi connectivity index (χ3n) is 7.43. The molecule has 0 spiro atoms. The molecule has 37 heavy (non-hydrogen) atoms. The highest BCUT2D eigenvalue weighted by Gasteiger charge is 2.27. The SMILES string of the molecule is CNCCN(CC=O)Cc1c(-c2ccccc2)nc2ccc(F)cc2c1C(=O)N[C@@H](C)C1CCCCC1. The van der Waals surface area contributed by atoms with Gasteiger partial charge in [-0.2, -0.15) is 0 Å². The van der Waals surface area contributed by atoms with Gasteiger partial charge >= 0.3 is 0 Å². The van der Waals surface area contributed by atoms with Gasteiger partial charge in [-0.3, -0.25) is 9.69 Å². The first-order chi connectivity index (χ1) is 18.0. The first-order valence-electron chi connectivity index (χ1n) is 13.3. The average Bonchev–Trinajstić information content (AvgIpc) is 2.92. The Kier molecular flexibility index (Phi) is 9.36. The van der Waals surface area contributed by atoms with Crippen LogP contribution in [-0.4, -0.2) is 54.8 Å². The molecule has 1 aromatic heterocycles. The van der Waals surface area contributed by atoms with E-state index in [1.807, 2.05) is 42.3 Å². The molecule has 7 heteroatoms. The maximum absolute atomic E-state index is 14.5. The molecule has 3 aromatic rings. The molecule has 1 atom stereocenters. The molecule has 1 heterocycles. The number of pyridine rings is 1. The smallest absolute Gasteiger partial charge is 0.252 e. The number of nitrogens with one attached hydrogen (secondary N) is 2. The summed E-state index contributed by atoms with van der Waals surface area (Å²) >= 11 is 0. The fourth-order valence-electron chi connectivity index (χ4n) is 5.39. The van der Waals surface area contributed by atoms with Crippen molar-refractivity contribution in [3.05, 3.63) is 65.5 Å². The molecule has 1 amide bonds. The lowest BCUT2D eigenvalue weighted by molar-refractivity contribution is -0.109. The summed E-state index contributed by atoms with van der Waals surface area (Å²) in [6.07, 6.45) is 6.69. The standard InChI is InChI=1S/C30H37FN4O2/c1-21(22-9-5-3-6-10-22)33-30(37)28-25-19-24(31)13-14-27(25)34-29(23-11-7-4-8-12-23)26(28)20-35(17-18-36)16-15-32-2/h4,7-8,11-14,18-19,21-22,32H,3,5-6,9-10,15-17,20H2,1-2H3,(H,33,37)/t21-/m0/s1. The van der Waals surface area contributed by atoms with Crippen molar-refractivity contribution in [3.8, 4) is 11.3 Å². The van der Waals surface area contributed by atoms with E-state index in [2.05, 4.69) is 17.6 Å². The van der Waals surface area contributed by atoms with E-state index in [-0.39, 0.29) is 18.5 Å². The van der Waals surface area contributed by atoms with Crippen LogP contribution in [0.4, 0.5) is 4.39 Å². The lowest BCUT2D eigenvalue weighted by Gasteiger charge is -2.29. The number of benzene rings is 2. The fraction of sp³-hybridized carbons (Fsp3) is 0.433. The van der Waals surface area contributed by atoms with Crippen molar-refractivity contribution in [1.82, 2.24) is 20.5 Å². The first kappa shape index (κ1) is 26.9. The number of nitrogens with zero attached hydrogens (tertiary/aromatic N) is 2. The Morgan fingerprint density at radius 2 is 1.92 bits per heavy atom. The second kappa shape index (κ2) is 12.9. The third kappa shape index (κ3) is 6.59. The molecule has 0 saturated heterocycles. The zero-order valence-corrected chi connectivity index (χ0v) is 21.8. The third-order valence-corrected chi connectivity index (χ3v) is 7.43. The quantitative estimate of drug-likeness (QED) is 0.361. The van der Waals surface area contributed by atoms with E-state index in [4.69, 9.17) is 4.98 Å². The number of carbonyl (C=O) groups excluding carboxylic acids is 2. The Hall–Kier alpha value is -3.16. The number of hydrogen-bond acceptors (Lipinski definition) is 5. The number of fused-ring (bicyclic) bond motifs is 1. The van der Waals surface area contributed by atoms with Crippen molar-refractivity contribution in [3.63, 3.8) is 0 Å². The summed E-state index contributed by atoms with van der Waals surface area (Å²) < 4.78 is 14.5. The summed E-state index contributed by atoms with van der Waals surface area (Å²) in [5.74, 6) is -0.202. The predicted octanol–water partition coefficient (Wildman–Crippen LogP) is 4.96. The number of halogens is 1. The van der Waals surface area contributed by atoms with Gasteiger partial charge in [0.25, 0.3) is 5.91 Å². The summed E-state index contributed by atoms with van der Waals surface area (Å²) in [6, 6.07) is 14.1. The minimum atomic E-state index is -0.415. The Morgan fingerprint density at radius 3 is 2.62 bits per heavy atom. The Morgan fingerprint density at radius 1 is 1.16 bits per heavy atom. The second-order valence-corrected chi connectivity index (χ2v) is 10.0. The van der Waals surface area contributed by atoms with Crippen molar-refractivity contribution in [2.45, 2.75) is 51.6 Å². The van der Waals surface area contributed by atoms with E-state index in [9.17, 15) is 14.0 Å². The lowest BCUT2D eigenvalue weighted by atomic mass is 9.84. The molecule has 196 valence electrons. The summed E-state index contributed by atoms with van der Waals surface area (Å²) in [4.78, 5) is 32.4. The van der Waals surface area contributed by atoms with Crippen LogP contribution in [0.1, 0.15) is 54.9 Å². The van der Waals surface area contributed by atoms with Gasteiger partial charge in [0, 0.05) is 42.2 Å². The minimum Gasteiger partial charge on any atom is -0.349 e. The van der Waals surface area contributed by atoms with Crippen molar-refractivity contribution in [2.24, 2.45) is 5.92 Å². The molecular formula is C30H37FN4O2. The summed E-state index contributed by atoms with van der Waals surface area (Å²) in [5, 5.41) is 6.87. The molecule has 0 bridgehead atoms. The van der Waals surface area contributed by atoms with Gasteiger partial charge in [0.2, 0.25) is 0 Å². The van der Waals surface area contributed by atoms with Gasteiger partial charge in [-0.15, -0.1) is 0 Å². The zero-order chi connectivity index (χ0) is 26.2. The summed E-state index contributed by atoms with van der Waals surface area (Å²) in [5.41, 5.74) is 3.26. The average molecular weight is 505 g/mol. The predicted molar refractivity (Wildman–Crippen MR) is 146 cm³/mol. The van der Waals surface area contributed by atoms with E-state index in [1.165, 1.54) is 31.4 Å². The number of carbonyl (C=O) groups is 2. The summed E-state index contributed by atoms with van der Waals surface area (Å²) in [7, 11) is 1.86. The number of amides is 1. The second-order valence-electron chi connectivity index (χ2n) is 10.0. The van der Waals surface area contributed by atoms with Crippen molar-refractivity contribution in [2.75, 3.05) is 26.7 Å². The number of aldehydes is 1. The van der Waals surface area contributed by atoms with Crippen LogP contribution in [-0.2, 0) is 11.3 Å². The van der Waals surface area contributed by atoms with Gasteiger partial charge in [-0.25, -0.2) is 9.37 Å². The molecular weight excluding hydrogens is 467 g/mol. The zero-order valence-electron chi connectivity index (χ0n) is 21.8. The van der Waals surface area contributed by atoms with Crippen LogP contribution in [0.2, 0.25) is 0 Å². The van der Waals surface area contributed by atoms with E-state index >= 15 is 0 Å². The van der Waals surface area contributed by atoms with E-state index in [0.29, 0.717) is 53.3 Å². The Bertz CT molecular complexity index is 1210. The van der Waals surface area contributed by atoms with Crippen LogP contribution >= 0.6 is 0 Å². The van der Waals surface area contributed by atoms with Crippen LogP contribution in [0.5, 0.6) is 0 Å². The van der Waals surface area contributed by atoms with E-state index < -0.39 is 5.82 Å². The molecule has 1 aliphatic carbocycles. The van der Waals surface area contributed by atoms with Crippen LogP contribution in [0, 0.1) is 11.7 Å². The van der Waals surface area contributed by atoms with Crippen molar-refractivity contribution in [1.29, 1.82) is 0 Å². The Labute approximate surface area is 218 Å². The normalized spacial score (nSPS) is 15.1. The highest BCUT2D eigenvalue weighted by Crippen LogP contribution is 2.33. The lowest BCUT2D eigenvalue weighted by Crippen LogP contribution is -2.40. The molecule has 0 aliphatic heterocycles. The molecule has 1 aliphatic rings.